The Hall–Kier alpha value is -2.13. The Bertz CT molecular complexity index is 619. The molecule has 3 heteroatoms. The Morgan fingerprint density at radius 3 is 2.12 bits per heavy atom. The first-order valence-corrected chi connectivity index (χ1v) is 8.74. The van der Waals surface area contributed by atoms with Gasteiger partial charge in [0.2, 0.25) is 5.91 Å². The van der Waals surface area contributed by atoms with Crippen LogP contribution in [0.15, 0.2) is 60.7 Å². The molecule has 0 atom stereocenters. The van der Waals surface area contributed by atoms with Crippen LogP contribution in [0.2, 0.25) is 0 Å². The summed E-state index contributed by atoms with van der Waals surface area (Å²) in [5.74, 6) is 0.797. The minimum absolute atomic E-state index is 0.115. The Balaban J connectivity index is 1.37. The first-order valence-electron chi connectivity index (χ1n) is 8.74. The fourth-order valence-corrected chi connectivity index (χ4v) is 3.26. The normalized spacial score (nSPS) is 15.4. The third-order valence-electron chi connectivity index (χ3n) is 4.67. The number of hydrogen-bond acceptors (Lipinski definition) is 2. The van der Waals surface area contributed by atoms with Crippen LogP contribution in [0.4, 0.5) is 0 Å². The van der Waals surface area contributed by atoms with Gasteiger partial charge in [-0.25, -0.2) is 0 Å². The third-order valence-corrected chi connectivity index (χ3v) is 4.67. The Morgan fingerprint density at radius 1 is 0.917 bits per heavy atom. The number of piperidine rings is 1. The second-order valence-corrected chi connectivity index (χ2v) is 6.49. The highest BCUT2D eigenvalue weighted by atomic mass is 16.5. The lowest BCUT2D eigenvalue weighted by atomic mass is 9.90. The number of amides is 1. The van der Waals surface area contributed by atoms with E-state index in [0.717, 1.165) is 37.9 Å². The van der Waals surface area contributed by atoms with Crippen molar-refractivity contribution in [1.29, 1.82) is 0 Å². The molecule has 1 fully saturated rings. The molecule has 1 amide bonds. The van der Waals surface area contributed by atoms with Crippen LogP contribution in [0.1, 0.15) is 24.0 Å². The fourth-order valence-electron chi connectivity index (χ4n) is 3.26. The third kappa shape index (κ3) is 4.93. The van der Waals surface area contributed by atoms with E-state index in [1.165, 1.54) is 5.56 Å². The van der Waals surface area contributed by atoms with Crippen LogP contribution in [0, 0.1) is 5.92 Å². The van der Waals surface area contributed by atoms with Gasteiger partial charge in [-0.15, -0.1) is 0 Å². The van der Waals surface area contributed by atoms with E-state index in [1.54, 1.807) is 0 Å². The highest BCUT2D eigenvalue weighted by Crippen LogP contribution is 2.21. The number of hydrogen-bond donors (Lipinski definition) is 0. The number of nitrogens with zero attached hydrogens (tertiary/aromatic N) is 1. The lowest BCUT2D eigenvalue weighted by molar-refractivity contribution is -0.138. The van der Waals surface area contributed by atoms with E-state index in [1.807, 2.05) is 35.2 Å². The Kier molecular flexibility index (Phi) is 6.02. The van der Waals surface area contributed by atoms with Gasteiger partial charge >= 0.3 is 0 Å². The van der Waals surface area contributed by atoms with E-state index in [2.05, 4.69) is 30.3 Å². The summed E-state index contributed by atoms with van der Waals surface area (Å²) in [4.78, 5) is 14.2. The smallest absolute Gasteiger partial charge is 0.248 e. The molecule has 0 bridgehead atoms. The molecule has 0 radical (unpaired) electrons. The van der Waals surface area contributed by atoms with E-state index >= 15 is 0 Å². The molecule has 1 aliphatic rings. The lowest BCUT2D eigenvalue weighted by Crippen LogP contribution is -2.40. The molecule has 0 aliphatic carbocycles. The molecule has 0 N–H and O–H groups in total. The minimum atomic E-state index is 0.115. The summed E-state index contributed by atoms with van der Waals surface area (Å²) in [6.07, 6.45) is 3.28. The molecule has 0 aromatic heterocycles. The first-order chi connectivity index (χ1) is 11.8. The van der Waals surface area contributed by atoms with E-state index in [0.29, 0.717) is 12.5 Å². The summed E-state index contributed by atoms with van der Waals surface area (Å²) < 4.78 is 5.57. The average molecular weight is 323 g/mol. The lowest BCUT2D eigenvalue weighted by Gasteiger charge is -2.32. The molecule has 24 heavy (non-hydrogen) atoms. The van der Waals surface area contributed by atoms with Crippen molar-refractivity contribution in [2.45, 2.75) is 25.9 Å². The van der Waals surface area contributed by atoms with Crippen molar-refractivity contribution in [1.82, 2.24) is 4.90 Å². The molecule has 2 aromatic rings. The largest absolute Gasteiger partial charge is 0.367 e. The van der Waals surface area contributed by atoms with Gasteiger partial charge in [-0.3, -0.25) is 4.79 Å². The molecule has 0 saturated carbocycles. The van der Waals surface area contributed by atoms with Crippen LogP contribution >= 0.6 is 0 Å². The summed E-state index contributed by atoms with van der Waals surface area (Å²) in [6.45, 7) is 2.38. The molecule has 0 spiro atoms. The molecule has 1 aliphatic heterocycles. The molecule has 2 aromatic carbocycles. The van der Waals surface area contributed by atoms with Gasteiger partial charge < -0.3 is 9.64 Å². The van der Waals surface area contributed by atoms with E-state index in [4.69, 9.17) is 4.74 Å². The fraction of sp³-hybridized carbons (Fsp3) is 0.381. The predicted octanol–water partition coefficient (Wildman–Crippen LogP) is 3.68. The van der Waals surface area contributed by atoms with Crippen molar-refractivity contribution < 1.29 is 9.53 Å². The van der Waals surface area contributed by atoms with Crippen LogP contribution in [0.3, 0.4) is 0 Å². The van der Waals surface area contributed by atoms with E-state index in [9.17, 15) is 4.79 Å². The van der Waals surface area contributed by atoms with Crippen molar-refractivity contribution >= 4 is 5.91 Å². The first kappa shape index (κ1) is 16.7. The molecule has 126 valence electrons. The van der Waals surface area contributed by atoms with Crippen molar-refractivity contribution in [2.75, 3.05) is 19.7 Å². The van der Waals surface area contributed by atoms with Gasteiger partial charge in [0, 0.05) is 13.1 Å². The molecular formula is C21H25NO2. The highest BCUT2D eigenvalue weighted by molar-refractivity contribution is 5.77. The zero-order chi connectivity index (χ0) is 16.6. The molecule has 0 unspecified atom stereocenters. The van der Waals surface area contributed by atoms with E-state index < -0.39 is 0 Å². The number of likely N-dealkylation sites (tertiary alicyclic amines) is 1. The number of rotatable bonds is 6. The summed E-state index contributed by atoms with van der Waals surface area (Å²) in [7, 11) is 0. The number of carbonyl (C=O) groups excluding carboxylic acids is 1. The van der Waals surface area contributed by atoms with E-state index in [-0.39, 0.29) is 12.5 Å². The van der Waals surface area contributed by atoms with Gasteiger partial charge in [-0.05, 0) is 36.3 Å². The highest BCUT2D eigenvalue weighted by Gasteiger charge is 2.22. The van der Waals surface area contributed by atoms with Crippen LogP contribution in [0.25, 0.3) is 0 Å². The van der Waals surface area contributed by atoms with Crippen LogP contribution in [-0.2, 0) is 22.6 Å². The summed E-state index contributed by atoms with van der Waals surface area (Å²) in [5, 5.41) is 0. The predicted molar refractivity (Wildman–Crippen MR) is 95.5 cm³/mol. The van der Waals surface area contributed by atoms with Gasteiger partial charge in [-0.1, -0.05) is 60.7 Å². The topological polar surface area (TPSA) is 29.5 Å². The molecule has 1 heterocycles. The second-order valence-electron chi connectivity index (χ2n) is 6.49. The number of benzene rings is 2. The Morgan fingerprint density at radius 2 is 1.50 bits per heavy atom. The molecule has 3 rings (SSSR count). The minimum Gasteiger partial charge on any atom is -0.367 e. The zero-order valence-electron chi connectivity index (χ0n) is 14.1. The SMILES string of the molecule is O=C(COCc1ccccc1)N1CCC(Cc2ccccc2)CC1. The van der Waals surface area contributed by atoms with Gasteiger partial charge in [0.1, 0.15) is 6.61 Å². The van der Waals surface area contributed by atoms with Crippen molar-refractivity contribution in [3.63, 3.8) is 0 Å². The average Bonchev–Trinajstić information content (AvgIpc) is 2.64. The van der Waals surface area contributed by atoms with Gasteiger partial charge in [0.25, 0.3) is 0 Å². The summed E-state index contributed by atoms with van der Waals surface area (Å²) in [6, 6.07) is 20.6. The number of carbonyl (C=O) groups is 1. The quantitative estimate of drug-likeness (QED) is 0.811. The molecular weight excluding hydrogens is 298 g/mol. The monoisotopic (exact) mass is 323 g/mol. The van der Waals surface area contributed by atoms with Crippen LogP contribution in [-0.4, -0.2) is 30.5 Å². The van der Waals surface area contributed by atoms with Crippen molar-refractivity contribution in [3.05, 3.63) is 71.8 Å². The second kappa shape index (κ2) is 8.65. The van der Waals surface area contributed by atoms with Crippen molar-refractivity contribution in [3.8, 4) is 0 Å². The molecule has 1 saturated heterocycles. The van der Waals surface area contributed by atoms with Crippen molar-refractivity contribution in [2.24, 2.45) is 5.92 Å². The number of ether oxygens (including phenoxy) is 1. The van der Waals surface area contributed by atoms with Crippen LogP contribution < -0.4 is 0 Å². The van der Waals surface area contributed by atoms with Gasteiger partial charge in [0.15, 0.2) is 0 Å². The summed E-state index contributed by atoms with van der Waals surface area (Å²) >= 11 is 0. The van der Waals surface area contributed by atoms with Gasteiger partial charge in [-0.2, -0.15) is 0 Å². The maximum Gasteiger partial charge on any atom is 0.248 e. The maximum absolute atomic E-state index is 12.3. The van der Waals surface area contributed by atoms with Gasteiger partial charge in [0.05, 0.1) is 6.61 Å². The molecule has 3 nitrogen and oxygen atoms in total. The summed E-state index contributed by atoms with van der Waals surface area (Å²) in [5.41, 5.74) is 2.50. The van der Waals surface area contributed by atoms with Crippen LogP contribution in [0.5, 0.6) is 0 Å². The Labute approximate surface area is 144 Å². The maximum atomic E-state index is 12.3. The standard InChI is InChI=1S/C21H25NO2/c23-21(17-24-16-20-9-5-2-6-10-20)22-13-11-19(12-14-22)15-18-7-3-1-4-8-18/h1-10,19H,11-17H2. The zero-order valence-corrected chi connectivity index (χ0v) is 14.1.